The Kier molecular flexibility index (Phi) is 9.06. The zero-order valence-corrected chi connectivity index (χ0v) is 9.42. The van der Waals surface area contributed by atoms with Crippen LogP contribution in [-0.4, -0.2) is 17.2 Å². The van der Waals surface area contributed by atoms with Crippen LogP contribution in [0.25, 0.3) is 0 Å². The maximum atomic E-state index is 10.6. The Morgan fingerprint density at radius 1 is 1.54 bits per heavy atom. The van der Waals surface area contributed by atoms with Gasteiger partial charge in [-0.3, -0.25) is 10.5 Å². The molecule has 0 aliphatic heterocycles. The van der Waals surface area contributed by atoms with Crippen molar-refractivity contribution in [1.82, 2.24) is 5.43 Å². The number of halogens is 1. The number of carbonyl (C=O) groups excluding carboxylic acids is 1. The molecule has 0 rings (SSSR count). The maximum absolute atomic E-state index is 10.6. The van der Waals surface area contributed by atoms with Gasteiger partial charge in [-0.15, -0.1) is 0 Å². The molecule has 4 nitrogen and oxygen atoms in total. The number of nitrogens with one attached hydrogen (secondary N) is 2. The number of carbonyl (C=O) groups is 1. The third kappa shape index (κ3) is 9.23. The monoisotopic (exact) mass is 223 g/mol. The smallest absolute Gasteiger partial charge is 0.325 e. The Morgan fingerprint density at radius 3 is 2.46 bits per heavy atom. The molecule has 0 aromatic carbocycles. The van der Waals surface area contributed by atoms with Crippen LogP contribution in [0, 0.1) is 0 Å². The summed E-state index contributed by atoms with van der Waals surface area (Å²) in [5.41, 5.74) is 8.95. The largest absolute Gasteiger partial charge is 1.00 e. The Balaban J connectivity index is 0. The third-order valence-corrected chi connectivity index (χ3v) is 1.56. The number of hydrazine groups is 1. The lowest BCUT2D eigenvalue weighted by Gasteiger charge is -1.95. The summed E-state index contributed by atoms with van der Waals surface area (Å²) >= 11 is 1.39. The average Bonchev–Trinajstić information content (AvgIpc) is 1.99. The van der Waals surface area contributed by atoms with Gasteiger partial charge in [0.25, 0.3) is 0 Å². The van der Waals surface area contributed by atoms with Crippen LogP contribution in [0.2, 0.25) is 0 Å². The van der Waals surface area contributed by atoms with Crippen LogP contribution in [0.15, 0.2) is 11.8 Å². The van der Waals surface area contributed by atoms with Gasteiger partial charge in [0.05, 0.1) is 5.70 Å². The molecule has 0 aliphatic rings. The van der Waals surface area contributed by atoms with E-state index in [4.69, 9.17) is 5.73 Å². The van der Waals surface area contributed by atoms with Gasteiger partial charge in [-0.1, -0.05) is 0 Å². The van der Waals surface area contributed by atoms with Gasteiger partial charge in [-0.05, 0) is 31.9 Å². The van der Waals surface area contributed by atoms with Crippen LogP contribution in [0.3, 0.4) is 0 Å². The van der Waals surface area contributed by atoms with E-state index >= 15 is 0 Å². The topological polar surface area (TPSA) is 69.1 Å². The maximum Gasteiger partial charge on any atom is 0.325 e. The second-order valence-electron chi connectivity index (χ2n) is 2.26. The van der Waals surface area contributed by atoms with Crippen LogP contribution in [0.4, 0.5) is 0 Å². The zero-order valence-electron chi connectivity index (χ0n) is 7.85. The standard InChI is InChI=1S/C7H13N3OS.ClH/c1-5(4-6(2)11)9-10-7(8)12-3;/h4,9H,1-3H3,(H2,8,10);1H. The second-order valence-corrected chi connectivity index (χ2v) is 3.10. The van der Waals surface area contributed by atoms with Crippen molar-refractivity contribution >= 4 is 22.7 Å². The zero-order chi connectivity index (χ0) is 9.56. The van der Waals surface area contributed by atoms with E-state index in [2.05, 4.69) is 10.5 Å². The van der Waals surface area contributed by atoms with Crippen molar-refractivity contribution < 1.29 is 22.3 Å². The third-order valence-electron chi connectivity index (χ3n) is 1.02. The number of allylic oxidation sites excluding steroid dienone is 2. The van der Waals surface area contributed by atoms with Crippen LogP contribution in [0.1, 0.15) is 13.8 Å². The lowest BCUT2D eigenvalue weighted by Crippen LogP contribution is -3.00. The van der Waals surface area contributed by atoms with E-state index in [1.807, 2.05) is 6.26 Å². The van der Waals surface area contributed by atoms with Gasteiger partial charge < -0.3 is 12.4 Å². The predicted octanol–water partition coefficient (Wildman–Crippen LogP) is -4.25. The molecule has 4 N–H and O–H groups in total. The molecule has 0 fully saturated rings. The number of thioether (sulfide) groups is 1. The van der Waals surface area contributed by atoms with Gasteiger partial charge in [-0.25, -0.2) is 5.43 Å². The molecular weight excluding hydrogens is 210 g/mol. The highest BCUT2D eigenvalue weighted by Crippen LogP contribution is 1.83. The number of ketones is 1. The highest BCUT2D eigenvalue weighted by Gasteiger charge is 1.94. The van der Waals surface area contributed by atoms with Crippen molar-refractivity contribution in [2.75, 3.05) is 6.26 Å². The molecule has 0 aromatic heterocycles. The van der Waals surface area contributed by atoms with E-state index in [1.165, 1.54) is 24.8 Å². The van der Waals surface area contributed by atoms with E-state index in [9.17, 15) is 4.79 Å². The molecule has 0 amide bonds. The van der Waals surface area contributed by atoms with Crippen molar-refractivity contribution in [1.29, 1.82) is 0 Å². The Morgan fingerprint density at radius 2 is 2.08 bits per heavy atom. The summed E-state index contributed by atoms with van der Waals surface area (Å²) < 4.78 is 0. The fourth-order valence-electron chi connectivity index (χ4n) is 0.552. The highest BCUT2D eigenvalue weighted by atomic mass is 35.5. The van der Waals surface area contributed by atoms with Crippen molar-refractivity contribution in [2.24, 2.45) is 5.73 Å². The van der Waals surface area contributed by atoms with Crippen molar-refractivity contribution in [3.63, 3.8) is 0 Å². The summed E-state index contributed by atoms with van der Waals surface area (Å²) in [6.07, 6.45) is 3.34. The van der Waals surface area contributed by atoms with Crippen LogP contribution >= 0.6 is 11.8 Å². The Labute approximate surface area is 88.4 Å². The van der Waals surface area contributed by atoms with E-state index in [-0.39, 0.29) is 18.2 Å². The lowest BCUT2D eigenvalue weighted by molar-refractivity contribution is -0.514. The fourth-order valence-corrected chi connectivity index (χ4v) is 0.705. The molecule has 0 aromatic rings. The summed E-state index contributed by atoms with van der Waals surface area (Å²) in [5.74, 6) is 0.00419. The van der Waals surface area contributed by atoms with Gasteiger partial charge in [0.15, 0.2) is 5.78 Å². The first-order chi connectivity index (χ1) is 5.56. The molecule has 6 heteroatoms. The molecule has 0 saturated carbocycles. The average molecular weight is 224 g/mol. The van der Waals surface area contributed by atoms with Crippen molar-refractivity contribution in [3.8, 4) is 0 Å². The summed E-state index contributed by atoms with van der Waals surface area (Å²) in [6, 6.07) is 0. The van der Waals surface area contributed by atoms with Crippen LogP contribution in [-0.2, 0) is 4.79 Å². The first-order valence-corrected chi connectivity index (χ1v) is 4.66. The van der Waals surface area contributed by atoms with E-state index < -0.39 is 0 Å². The summed E-state index contributed by atoms with van der Waals surface area (Å²) in [4.78, 5) is 10.6. The van der Waals surface area contributed by atoms with Crippen molar-refractivity contribution in [2.45, 2.75) is 13.8 Å². The van der Waals surface area contributed by atoms with Crippen LogP contribution in [0.5, 0.6) is 0 Å². The number of hydrogen-bond donors (Lipinski definition) is 3. The minimum Gasteiger partial charge on any atom is -1.00 e. The Hall–Kier alpha value is -0.680. The number of amidine groups is 1. The molecule has 0 saturated heterocycles. The van der Waals surface area contributed by atoms with Gasteiger partial charge in [0, 0.05) is 6.08 Å². The summed E-state index contributed by atoms with van der Waals surface area (Å²) in [6.45, 7) is 3.27. The minimum atomic E-state index is 0. The van der Waals surface area contributed by atoms with E-state index in [0.29, 0.717) is 5.17 Å². The Bertz CT molecular complexity index is 228. The fraction of sp³-hybridized carbons (Fsp3) is 0.429. The first-order valence-electron chi connectivity index (χ1n) is 3.43. The highest BCUT2D eigenvalue weighted by molar-refractivity contribution is 8.12. The SMILES string of the molecule is CS/C(N)=[NH+]/NC(C)=CC(C)=O.[Cl-]. The molecule has 76 valence electrons. The number of hydrazone groups is 1. The normalized spacial score (nSPS) is 11.9. The molecule has 0 aliphatic carbocycles. The van der Waals surface area contributed by atoms with Gasteiger partial charge in [-0.2, -0.15) is 5.10 Å². The molecule has 0 bridgehead atoms. The molecule has 0 heterocycles. The van der Waals surface area contributed by atoms with E-state index in [0.717, 1.165) is 5.70 Å². The van der Waals surface area contributed by atoms with Crippen LogP contribution < -0.4 is 28.7 Å². The van der Waals surface area contributed by atoms with Gasteiger partial charge in [0.1, 0.15) is 0 Å². The molecule has 0 radical (unpaired) electrons. The summed E-state index contributed by atoms with van der Waals surface area (Å²) in [7, 11) is 0. The predicted molar refractivity (Wildman–Crippen MR) is 51.2 cm³/mol. The number of nitrogens with two attached hydrogens (primary N) is 1. The van der Waals surface area contributed by atoms with Gasteiger partial charge in [0.2, 0.25) is 0 Å². The quantitative estimate of drug-likeness (QED) is 0.196. The number of rotatable bonds is 3. The lowest BCUT2D eigenvalue weighted by atomic mass is 10.3. The first kappa shape index (κ1) is 14.8. The number of hydrogen-bond acceptors (Lipinski definition) is 3. The molecular formula is C7H14ClN3OS. The second kappa shape index (κ2) is 7.94. The molecule has 0 spiro atoms. The van der Waals surface area contributed by atoms with Crippen molar-refractivity contribution in [3.05, 3.63) is 11.8 Å². The summed E-state index contributed by atoms with van der Waals surface area (Å²) in [5, 5.41) is 3.29. The van der Waals surface area contributed by atoms with Gasteiger partial charge >= 0.3 is 5.17 Å². The molecule has 0 atom stereocenters. The molecule has 13 heavy (non-hydrogen) atoms. The minimum absolute atomic E-state index is 0. The van der Waals surface area contributed by atoms with E-state index in [1.54, 1.807) is 6.92 Å². The molecule has 0 unspecified atom stereocenters.